The highest BCUT2D eigenvalue weighted by Gasteiger charge is 2.40. The Bertz CT molecular complexity index is 181. The number of ether oxygens (including phenoxy) is 3. The van der Waals surface area contributed by atoms with Crippen LogP contribution in [0.1, 0.15) is 0 Å². The fraction of sp³-hybridized carbons (Fsp3) is 1.00. The molecule has 2 saturated heterocycles. The van der Waals surface area contributed by atoms with Crippen LogP contribution in [0.3, 0.4) is 0 Å². The number of rotatable bonds is 6. The third-order valence-corrected chi connectivity index (χ3v) is 1.99. The molecular weight excluding hydrogens is 220 g/mol. The average Bonchev–Trinajstić information content (AvgIpc) is 3.18. The normalized spacial score (nSPS) is 30.9. The van der Waals surface area contributed by atoms with Crippen LogP contribution in [-0.2, 0) is 14.2 Å². The van der Waals surface area contributed by atoms with Gasteiger partial charge in [0.2, 0.25) is 0 Å². The van der Waals surface area contributed by atoms with Crippen LogP contribution in [0.2, 0.25) is 0 Å². The minimum atomic E-state index is -0.954. The molecule has 3 unspecified atom stereocenters. The lowest BCUT2D eigenvalue weighted by Crippen LogP contribution is -2.15. The fourth-order valence-electron chi connectivity index (χ4n) is 0.827. The summed E-state index contributed by atoms with van der Waals surface area (Å²) in [6.07, 6.45) is -0.929. The van der Waals surface area contributed by atoms with E-state index in [0.29, 0.717) is 6.61 Å². The first-order valence-corrected chi connectivity index (χ1v) is 5.10. The molecule has 2 aliphatic heterocycles. The van der Waals surface area contributed by atoms with Gasteiger partial charge < -0.3 is 34.6 Å². The van der Waals surface area contributed by atoms with E-state index in [2.05, 4.69) is 0 Å². The molecule has 0 aromatic carbocycles. The summed E-state index contributed by atoms with van der Waals surface area (Å²) in [7, 11) is 0. The molecule has 0 bridgehead atoms. The third kappa shape index (κ3) is 5.71. The molecule has 2 heterocycles. The first-order chi connectivity index (χ1) is 7.71. The Balaban J connectivity index is 0.000000187. The summed E-state index contributed by atoms with van der Waals surface area (Å²) in [6, 6.07) is 0. The van der Waals surface area contributed by atoms with Crippen molar-refractivity contribution >= 4 is 0 Å². The Morgan fingerprint density at radius 3 is 2.19 bits per heavy atom. The fourth-order valence-corrected chi connectivity index (χ4v) is 0.827. The summed E-state index contributed by atoms with van der Waals surface area (Å²) in [6.45, 7) is 0.723. The maximum atomic E-state index is 8.52. The van der Waals surface area contributed by atoms with Crippen LogP contribution in [-0.4, -0.2) is 78.1 Å². The molecule has 0 aliphatic carbocycles. The Labute approximate surface area is 93.2 Å². The Morgan fingerprint density at radius 2 is 1.88 bits per heavy atom. The topological polar surface area (TPSA) is 115 Å². The molecule has 7 nitrogen and oxygen atoms in total. The minimum absolute atomic E-state index is 0.0518. The molecule has 2 rings (SSSR count). The lowest BCUT2D eigenvalue weighted by molar-refractivity contribution is 0.0405. The van der Waals surface area contributed by atoms with Crippen molar-refractivity contribution in [3.05, 3.63) is 0 Å². The average molecular weight is 238 g/mol. The van der Waals surface area contributed by atoms with E-state index < -0.39 is 6.10 Å². The molecule has 16 heavy (non-hydrogen) atoms. The van der Waals surface area contributed by atoms with E-state index in [4.69, 9.17) is 34.6 Å². The monoisotopic (exact) mass is 238 g/mol. The smallest absolute Gasteiger partial charge is 0.186 e. The van der Waals surface area contributed by atoms with Crippen LogP contribution < -0.4 is 0 Å². The van der Waals surface area contributed by atoms with Crippen LogP contribution in [0.5, 0.6) is 0 Å². The number of hydrogen-bond acceptors (Lipinski definition) is 7. The zero-order chi connectivity index (χ0) is 12.0. The Kier molecular flexibility index (Phi) is 6.14. The first-order valence-electron chi connectivity index (χ1n) is 5.10. The molecule has 7 heteroatoms. The molecular formula is C9H18O7. The lowest BCUT2D eigenvalue weighted by atomic mass is 10.4. The highest BCUT2D eigenvalue weighted by Crippen LogP contribution is 2.23. The molecule has 2 fully saturated rings. The van der Waals surface area contributed by atoms with Crippen molar-refractivity contribution in [3.63, 3.8) is 0 Å². The highest BCUT2D eigenvalue weighted by molar-refractivity contribution is 4.77. The van der Waals surface area contributed by atoms with Crippen molar-refractivity contribution in [3.8, 4) is 0 Å². The molecule has 0 radical (unpaired) electrons. The standard InChI is InChI=1S/C6H10O4.C3H8O3/c7-1-5-6(10-5)9-3-4-2-8-4;4-1-3(6)2-5/h4-7H,1-3H2;3-6H,1-2H2. The molecule has 2 aliphatic rings. The van der Waals surface area contributed by atoms with Crippen LogP contribution in [0.25, 0.3) is 0 Å². The van der Waals surface area contributed by atoms with Gasteiger partial charge in [-0.2, -0.15) is 0 Å². The van der Waals surface area contributed by atoms with Gasteiger partial charge in [0.05, 0.1) is 33.0 Å². The van der Waals surface area contributed by atoms with Gasteiger partial charge in [0.25, 0.3) is 0 Å². The second-order valence-electron chi connectivity index (χ2n) is 3.53. The van der Waals surface area contributed by atoms with Crippen LogP contribution in [0, 0.1) is 0 Å². The number of epoxide rings is 2. The molecule has 4 N–H and O–H groups in total. The van der Waals surface area contributed by atoms with E-state index in [1.807, 2.05) is 0 Å². The van der Waals surface area contributed by atoms with Gasteiger partial charge in [0.15, 0.2) is 6.29 Å². The van der Waals surface area contributed by atoms with Crippen LogP contribution in [0.15, 0.2) is 0 Å². The van der Waals surface area contributed by atoms with Crippen molar-refractivity contribution in [2.75, 3.05) is 33.0 Å². The number of aliphatic hydroxyl groups is 4. The van der Waals surface area contributed by atoms with Gasteiger partial charge >= 0.3 is 0 Å². The molecule has 96 valence electrons. The van der Waals surface area contributed by atoms with E-state index in [9.17, 15) is 0 Å². The van der Waals surface area contributed by atoms with Gasteiger partial charge in [0.1, 0.15) is 18.3 Å². The Morgan fingerprint density at radius 1 is 1.25 bits per heavy atom. The second kappa shape index (κ2) is 7.13. The minimum Gasteiger partial charge on any atom is -0.394 e. The van der Waals surface area contributed by atoms with Gasteiger partial charge in [-0.1, -0.05) is 0 Å². The van der Waals surface area contributed by atoms with Gasteiger partial charge in [-0.05, 0) is 0 Å². The molecule has 0 saturated carbocycles. The quantitative estimate of drug-likeness (QED) is 0.376. The van der Waals surface area contributed by atoms with Crippen molar-refractivity contribution in [1.29, 1.82) is 0 Å². The van der Waals surface area contributed by atoms with E-state index in [1.54, 1.807) is 0 Å². The maximum absolute atomic E-state index is 8.52. The molecule has 0 spiro atoms. The van der Waals surface area contributed by atoms with Gasteiger partial charge in [-0.25, -0.2) is 0 Å². The van der Waals surface area contributed by atoms with E-state index >= 15 is 0 Å². The predicted molar refractivity (Wildman–Crippen MR) is 51.6 cm³/mol. The van der Waals surface area contributed by atoms with E-state index in [0.717, 1.165) is 6.61 Å². The summed E-state index contributed by atoms with van der Waals surface area (Å²) in [5.74, 6) is 0. The van der Waals surface area contributed by atoms with E-state index in [1.165, 1.54) is 0 Å². The van der Waals surface area contributed by atoms with Crippen molar-refractivity contribution < 1.29 is 34.6 Å². The summed E-state index contributed by atoms with van der Waals surface area (Å²) >= 11 is 0. The van der Waals surface area contributed by atoms with Crippen LogP contribution >= 0.6 is 0 Å². The molecule has 0 aromatic rings. The summed E-state index contributed by atoms with van der Waals surface area (Å²) in [5.41, 5.74) is 0. The first kappa shape index (κ1) is 13.8. The zero-order valence-corrected chi connectivity index (χ0v) is 8.86. The summed E-state index contributed by atoms with van der Waals surface area (Å²) in [4.78, 5) is 0. The second-order valence-corrected chi connectivity index (χ2v) is 3.53. The van der Waals surface area contributed by atoms with Crippen molar-refractivity contribution in [1.82, 2.24) is 0 Å². The predicted octanol–water partition coefficient (Wildman–Crippen LogP) is -2.55. The third-order valence-electron chi connectivity index (χ3n) is 1.99. The highest BCUT2D eigenvalue weighted by atomic mass is 16.8. The SMILES string of the molecule is OCC(O)CO.OCC1OC1OCC1CO1. The largest absolute Gasteiger partial charge is 0.394 e. The number of aliphatic hydroxyl groups excluding tert-OH is 4. The summed E-state index contributed by atoms with van der Waals surface area (Å²) in [5, 5.41) is 32.5. The molecule has 3 atom stereocenters. The van der Waals surface area contributed by atoms with Crippen molar-refractivity contribution in [2.24, 2.45) is 0 Å². The van der Waals surface area contributed by atoms with Gasteiger partial charge in [0, 0.05) is 0 Å². The van der Waals surface area contributed by atoms with E-state index in [-0.39, 0.29) is 38.3 Å². The van der Waals surface area contributed by atoms with Gasteiger partial charge in [-0.3, -0.25) is 0 Å². The number of hydrogen-bond donors (Lipinski definition) is 4. The van der Waals surface area contributed by atoms with Crippen molar-refractivity contribution in [2.45, 2.75) is 24.6 Å². The zero-order valence-electron chi connectivity index (χ0n) is 8.86. The summed E-state index contributed by atoms with van der Waals surface area (Å²) < 4.78 is 15.0. The van der Waals surface area contributed by atoms with Gasteiger partial charge in [-0.15, -0.1) is 0 Å². The Hall–Kier alpha value is -0.280. The molecule has 0 amide bonds. The lowest BCUT2D eigenvalue weighted by Gasteiger charge is -1.96. The maximum Gasteiger partial charge on any atom is 0.186 e. The van der Waals surface area contributed by atoms with Crippen LogP contribution in [0.4, 0.5) is 0 Å². The molecule has 0 aromatic heterocycles.